The number of aromatic nitrogens is 1. The summed E-state index contributed by atoms with van der Waals surface area (Å²) in [4.78, 5) is 4.02. The largest absolute Gasteiger partial charge is 0.384 e. The van der Waals surface area contributed by atoms with Crippen LogP contribution in [0.1, 0.15) is 11.8 Å². The molecule has 1 saturated heterocycles. The van der Waals surface area contributed by atoms with Crippen molar-refractivity contribution in [1.82, 2.24) is 4.98 Å². The molecule has 1 fully saturated rings. The molecule has 72 valence electrons. The van der Waals surface area contributed by atoms with Gasteiger partial charge in [0.05, 0.1) is 31.0 Å². The average Bonchev–Trinajstić information content (AvgIpc) is 2.71. The molecule has 5 heteroatoms. The Morgan fingerprint density at radius 2 is 2.54 bits per heavy atom. The smallest absolute Gasteiger partial charge is 0.125 e. The van der Waals surface area contributed by atoms with Crippen LogP contribution in [-0.2, 0) is 9.47 Å². The van der Waals surface area contributed by atoms with E-state index in [0.29, 0.717) is 25.5 Å². The van der Waals surface area contributed by atoms with Crippen LogP contribution in [0.2, 0.25) is 0 Å². The van der Waals surface area contributed by atoms with Crippen molar-refractivity contribution in [2.24, 2.45) is 0 Å². The lowest BCUT2D eigenvalue weighted by atomic mass is 10.1. The van der Waals surface area contributed by atoms with E-state index in [4.69, 9.17) is 9.47 Å². The molecule has 2 unspecified atom stereocenters. The predicted octanol–water partition coefficient (Wildman–Crippen LogP) is 0.592. The van der Waals surface area contributed by atoms with E-state index in [9.17, 15) is 5.11 Å². The number of thiazole rings is 1. The van der Waals surface area contributed by atoms with Gasteiger partial charge in [0.15, 0.2) is 0 Å². The standard InChI is InChI=1S/C8H11NO3S/c10-8(6-4-13-5-9-6)7-3-11-1-2-12-7/h4-5,7-8,10H,1-3H2. The van der Waals surface area contributed by atoms with Gasteiger partial charge >= 0.3 is 0 Å². The minimum atomic E-state index is -0.661. The van der Waals surface area contributed by atoms with Gasteiger partial charge < -0.3 is 14.6 Å². The number of hydrogen-bond donors (Lipinski definition) is 1. The quantitative estimate of drug-likeness (QED) is 0.761. The summed E-state index contributed by atoms with van der Waals surface area (Å²) in [5, 5.41) is 11.6. The highest BCUT2D eigenvalue weighted by molar-refractivity contribution is 7.07. The van der Waals surface area contributed by atoms with E-state index in [1.165, 1.54) is 11.3 Å². The van der Waals surface area contributed by atoms with Crippen LogP contribution in [0.4, 0.5) is 0 Å². The summed E-state index contributed by atoms with van der Waals surface area (Å²) in [6.07, 6.45) is -0.928. The third-order valence-electron chi connectivity index (χ3n) is 1.95. The Morgan fingerprint density at radius 1 is 1.62 bits per heavy atom. The number of nitrogens with zero attached hydrogens (tertiary/aromatic N) is 1. The summed E-state index contributed by atoms with van der Waals surface area (Å²) in [5.41, 5.74) is 2.36. The second kappa shape index (κ2) is 4.15. The first-order valence-electron chi connectivity index (χ1n) is 4.13. The van der Waals surface area contributed by atoms with Crippen LogP contribution in [-0.4, -0.2) is 36.0 Å². The molecule has 0 saturated carbocycles. The van der Waals surface area contributed by atoms with Crippen LogP contribution >= 0.6 is 11.3 Å². The molecule has 1 N–H and O–H groups in total. The Balaban J connectivity index is 1.99. The first kappa shape index (κ1) is 9.08. The van der Waals surface area contributed by atoms with E-state index >= 15 is 0 Å². The van der Waals surface area contributed by atoms with Crippen LogP contribution in [0, 0.1) is 0 Å². The van der Waals surface area contributed by atoms with Crippen molar-refractivity contribution in [2.75, 3.05) is 19.8 Å². The Bertz CT molecular complexity index is 246. The summed E-state index contributed by atoms with van der Waals surface area (Å²) < 4.78 is 10.5. The summed E-state index contributed by atoms with van der Waals surface area (Å²) in [5.74, 6) is 0. The molecule has 0 bridgehead atoms. The van der Waals surface area contributed by atoms with Crippen molar-refractivity contribution in [3.8, 4) is 0 Å². The van der Waals surface area contributed by atoms with Crippen molar-refractivity contribution in [2.45, 2.75) is 12.2 Å². The first-order chi connectivity index (χ1) is 6.38. The fourth-order valence-corrected chi connectivity index (χ4v) is 1.83. The lowest BCUT2D eigenvalue weighted by Crippen LogP contribution is -2.33. The van der Waals surface area contributed by atoms with Gasteiger partial charge in [0.2, 0.25) is 0 Å². The van der Waals surface area contributed by atoms with Crippen LogP contribution in [0.5, 0.6) is 0 Å². The van der Waals surface area contributed by atoms with Gasteiger partial charge in [-0.15, -0.1) is 11.3 Å². The summed E-state index contributed by atoms with van der Waals surface area (Å²) in [6.45, 7) is 1.60. The van der Waals surface area contributed by atoms with Crippen molar-refractivity contribution in [3.63, 3.8) is 0 Å². The molecule has 2 rings (SSSR count). The van der Waals surface area contributed by atoms with E-state index in [1.54, 1.807) is 5.51 Å². The molecule has 1 aliphatic heterocycles. The van der Waals surface area contributed by atoms with Crippen LogP contribution in [0.3, 0.4) is 0 Å². The monoisotopic (exact) mass is 201 g/mol. The van der Waals surface area contributed by atoms with Crippen LogP contribution in [0.25, 0.3) is 0 Å². The molecule has 2 heterocycles. The molecule has 0 aromatic carbocycles. The molecular weight excluding hydrogens is 190 g/mol. The molecule has 4 nitrogen and oxygen atoms in total. The van der Waals surface area contributed by atoms with Crippen molar-refractivity contribution >= 4 is 11.3 Å². The van der Waals surface area contributed by atoms with Gasteiger partial charge in [-0.1, -0.05) is 0 Å². The van der Waals surface area contributed by atoms with Gasteiger partial charge in [0.25, 0.3) is 0 Å². The highest BCUT2D eigenvalue weighted by Crippen LogP contribution is 2.20. The van der Waals surface area contributed by atoms with Crippen molar-refractivity contribution in [3.05, 3.63) is 16.6 Å². The van der Waals surface area contributed by atoms with E-state index in [1.807, 2.05) is 5.38 Å². The second-order valence-electron chi connectivity index (χ2n) is 2.84. The number of aliphatic hydroxyl groups is 1. The van der Waals surface area contributed by atoms with E-state index in [-0.39, 0.29) is 6.10 Å². The zero-order valence-electron chi connectivity index (χ0n) is 7.05. The van der Waals surface area contributed by atoms with E-state index in [0.717, 1.165) is 0 Å². The molecular formula is C8H11NO3S. The molecule has 0 amide bonds. The SMILES string of the molecule is OC(c1cscn1)C1COCCO1. The summed E-state index contributed by atoms with van der Waals surface area (Å²) in [7, 11) is 0. The van der Waals surface area contributed by atoms with Gasteiger partial charge in [-0.2, -0.15) is 0 Å². The molecule has 2 atom stereocenters. The van der Waals surface area contributed by atoms with Gasteiger partial charge in [0, 0.05) is 5.38 Å². The third kappa shape index (κ3) is 2.05. The van der Waals surface area contributed by atoms with Gasteiger partial charge in [-0.25, -0.2) is 4.98 Å². The zero-order valence-corrected chi connectivity index (χ0v) is 7.87. The third-order valence-corrected chi connectivity index (χ3v) is 2.55. The molecule has 1 aromatic heterocycles. The van der Waals surface area contributed by atoms with Gasteiger partial charge in [-0.3, -0.25) is 0 Å². The molecule has 1 aromatic rings. The van der Waals surface area contributed by atoms with Crippen molar-refractivity contribution in [1.29, 1.82) is 0 Å². The maximum Gasteiger partial charge on any atom is 0.125 e. The fraction of sp³-hybridized carbons (Fsp3) is 0.625. The number of hydrogen-bond acceptors (Lipinski definition) is 5. The van der Waals surface area contributed by atoms with Gasteiger partial charge in [0.1, 0.15) is 12.2 Å². The predicted molar refractivity (Wildman–Crippen MR) is 47.6 cm³/mol. The lowest BCUT2D eigenvalue weighted by Gasteiger charge is -2.26. The lowest BCUT2D eigenvalue weighted by molar-refractivity contribution is -0.134. The molecule has 1 aliphatic rings. The average molecular weight is 201 g/mol. The minimum absolute atomic E-state index is 0.268. The molecule has 0 spiro atoms. The van der Waals surface area contributed by atoms with Crippen molar-refractivity contribution < 1.29 is 14.6 Å². The molecule has 0 radical (unpaired) electrons. The summed E-state index contributed by atoms with van der Waals surface area (Å²) in [6, 6.07) is 0. The van der Waals surface area contributed by atoms with Crippen LogP contribution < -0.4 is 0 Å². The van der Waals surface area contributed by atoms with Gasteiger partial charge in [-0.05, 0) is 0 Å². The normalized spacial score (nSPS) is 25.8. The van der Waals surface area contributed by atoms with E-state index < -0.39 is 6.10 Å². The zero-order chi connectivity index (χ0) is 9.10. The Kier molecular flexibility index (Phi) is 2.90. The Morgan fingerprint density at radius 3 is 3.15 bits per heavy atom. The number of rotatable bonds is 2. The number of ether oxygens (including phenoxy) is 2. The minimum Gasteiger partial charge on any atom is -0.384 e. The fourth-order valence-electron chi connectivity index (χ4n) is 1.25. The number of aliphatic hydroxyl groups excluding tert-OH is 1. The highest BCUT2D eigenvalue weighted by Gasteiger charge is 2.25. The Hall–Kier alpha value is -0.490. The second-order valence-corrected chi connectivity index (χ2v) is 3.56. The summed E-state index contributed by atoms with van der Waals surface area (Å²) >= 11 is 1.46. The Labute approximate surface area is 80.1 Å². The molecule has 0 aliphatic carbocycles. The maximum absolute atomic E-state index is 9.77. The topological polar surface area (TPSA) is 51.6 Å². The maximum atomic E-state index is 9.77. The first-order valence-corrected chi connectivity index (χ1v) is 5.07. The molecule has 13 heavy (non-hydrogen) atoms. The highest BCUT2D eigenvalue weighted by atomic mass is 32.1. The van der Waals surface area contributed by atoms with Crippen LogP contribution in [0.15, 0.2) is 10.9 Å². The van der Waals surface area contributed by atoms with E-state index in [2.05, 4.69) is 4.98 Å².